The Kier molecular flexibility index (Phi) is 1.88. The summed E-state index contributed by atoms with van der Waals surface area (Å²) >= 11 is 0. The zero-order valence-electron chi connectivity index (χ0n) is 7.27. The van der Waals surface area contributed by atoms with Crippen molar-refractivity contribution in [3.63, 3.8) is 0 Å². The maximum Gasteiger partial charge on any atom is 0.316 e. The Morgan fingerprint density at radius 2 is 2.54 bits per heavy atom. The first-order valence-electron chi connectivity index (χ1n) is 4.16. The van der Waals surface area contributed by atoms with Crippen LogP contribution in [-0.4, -0.2) is 27.3 Å². The lowest BCUT2D eigenvalue weighted by Crippen LogP contribution is -2.51. The van der Waals surface area contributed by atoms with Gasteiger partial charge in [0.05, 0.1) is 0 Å². The van der Waals surface area contributed by atoms with E-state index in [9.17, 15) is 4.79 Å². The molecular weight excluding hydrogens is 170 g/mol. The van der Waals surface area contributed by atoms with Crippen molar-refractivity contribution in [1.82, 2.24) is 25.4 Å². The molecule has 0 saturated carbocycles. The fourth-order valence-electron chi connectivity index (χ4n) is 1.38. The summed E-state index contributed by atoms with van der Waals surface area (Å²) in [6.07, 6.45) is 2.98. The van der Waals surface area contributed by atoms with Gasteiger partial charge in [-0.05, 0) is 0 Å². The number of aromatic nitrogens is 3. The number of hydrogen-bond acceptors (Lipinski definition) is 3. The van der Waals surface area contributed by atoms with Crippen LogP contribution in [0.25, 0.3) is 0 Å². The molecule has 0 aliphatic carbocycles. The second kappa shape index (κ2) is 3.04. The predicted octanol–water partition coefficient (Wildman–Crippen LogP) is -0.274. The molecule has 1 aromatic heterocycles. The lowest BCUT2D eigenvalue weighted by molar-refractivity contribution is 0.192. The van der Waals surface area contributed by atoms with Crippen molar-refractivity contribution in [1.29, 1.82) is 0 Å². The van der Waals surface area contributed by atoms with E-state index in [2.05, 4.69) is 20.7 Å². The first-order chi connectivity index (χ1) is 6.27. The van der Waals surface area contributed by atoms with Gasteiger partial charge in [0.1, 0.15) is 18.8 Å². The van der Waals surface area contributed by atoms with Gasteiger partial charge in [-0.15, -0.1) is 0 Å². The first-order valence-corrected chi connectivity index (χ1v) is 4.16. The largest absolute Gasteiger partial charge is 0.338 e. The summed E-state index contributed by atoms with van der Waals surface area (Å²) in [5.41, 5.74) is 0. The molecule has 2 atom stereocenters. The van der Waals surface area contributed by atoms with Crippen LogP contribution in [0.3, 0.4) is 0 Å². The highest BCUT2D eigenvalue weighted by atomic mass is 16.2. The number of hydrogen-bond donors (Lipinski definition) is 2. The van der Waals surface area contributed by atoms with Crippen LogP contribution in [0.1, 0.15) is 13.1 Å². The van der Waals surface area contributed by atoms with E-state index in [0.29, 0.717) is 12.5 Å². The fourth-order valence-corrected chi connectivity index (χ4v) is 1.38. The molecular formula is C7H11N5O. The van der Waals surface area contributed by atoms with E-state index < -0.39 is 0 Å². The molecule has 0 bridgehead atoms. The number of carbonyl (C=O) groups is 1. The summed E-state index contributed by atoms with van der Waals surface area (Å²) in [5.74, 6) is 0.305. The molecule has 1 aromatic rings. The molecule has 6 nitrogen and oxygen atoms in total. The zero-order chi connectivity index (χ0) is 9.26. The smallest absolute Gasteiger partial charge is 0.316 e. The number of urea groups is 1. The van der Waals surface area contributed by atoms with Crippen LogP contribution in [0.5, 0.6) is 0 Å². The molecule has 1 saturated heterocycles. The number of rotatable bonds is 1. The van der Waals surface area contributed by atoms with E-state index in [1.54, 1.807) is 11.0 Å². The minimum Gasteiger partial charge on any atom is -0.338 e. The maximum absolute atomic E-state index is 11.0. The van der Waals surface area contributed by atoms with Crippen LogP contribution in [0, 0.1) is 5.92 Å². The summed E-state index contributed by atoms with van der Waals surface area (Å²) in [4.78, 5) is 14.9. The van der Waals surface area contributed by atoms with Gasteiger partial charge in [0.2, 0.25) is 0 Å². The normalized spacial score (nSPS) is 27.9. The summed E-state index contributed by atoms with van der Waals surface area (Å²) in [6.45, 7) is 2.70. The van der Waals surface area contributed by atoms with Crippen molar-refractivity contribution in [3.05, 3.63) is 12.7 Å². The molecule has 1 aliphatic rings. The van der Waals surface area contributed by atoms with Crippen molar-refractivity contribution in [2.45, 2.75) is 13.1 Å². The van der Waals surface area contributed by atoms with Crippen LogP contribution >= 0.6 is 0 Å². The topological polar surface area (TPSA) is 71.8 Å². The third kappa shape index (κ3) is 1.47. The van der Waals surface area contributed by atoms with Crippen LogP contribution in [0.2, 0.25) is 0 Å². The molecule has 0 radical (unpaired) electrons. The van der Waals surface area contributed by atoms with Crippen molar-refractivity contribution in [2.24, 2.45) is 5.92 Å². The first kappa shape index (κ1) is 8.03. The molecule has 0 spiro atoms. The van der Waals surface area contributed by atoms with Gasteiger partial charge in [-0.2, -0.15) is 5.10 Å². The quantitative estimate of drug-likeness (QED) is 0.626. The van der Waals surface area contributed by atoms with Gasteiger partial charge < -0.3 is 10.6 Å². The Labute approximate surface area is 75.3 Å². The average Bonchev–Trinajstić information content (AvgIpc) is 2.61. The molecule has 0 aromatic carbocycles. The molecule has 2 unspecified atom stereocenters. The summed E-state index contributed by atoms with van der Waals surface area (Å²) in [5, 5.41) is 9.48. The minimum atomic E-state index is -0.154. The molecule has 2 rings (SSSR count). The molecule has 2 N–H and O–H groups in total. The van der Waals surface area contributed by atoms with Gasteiger partial charge in [0.15, 0.2) is 0 Å². The Morgan fingerprint density at radius 3 is 3.23 bits per heavy atom. The highest BCUT2D eigenvalue weighted by molar-refractivity contribution is 5.74. The summed E-state index contributed by atoms with van der Waals surface area (Å²) < 4.78 is 1.66. The van der Waals surface area contributed by atoms with Crippen LogP contribution in [-0.2, 0) is 0 Å². The SMILES string of the molecule is CC1CNC(=O)NC1n1cncn1. The monoisotopic (exact) mass is 181 g/mol. The van der Waals surface area contributed by atoms with Gasteiger partial charge in [-0.25, -0.2) is 14.5 Å². The zero-order valence-corrected chi connectivity index (χ0v) is 7.27. The lowest BCUT2D eigenvalue weighted by atomic mass is 10.1. The number of nitrogens with zero attached hydrogens (tertiary/aromatic N) is 3. The molecule has 6 heteroatoms. The Morgan fingerprint density at radius 1 is 1.69 bits per heavy atom. The molecule has 13 heavy (non-hydrogen) atoms. The van der Waals surface area contributed by atoms with Gasteiger partial charge >= 0.3 is 6.03 Å². The predicted molar refractivity (Wildman–Crippen MR) is 44.8 cm³/mol. The number of carbonyl (C=O) groups excluding carboxylic acids is 1. The van der Waals surface area contributed by atoms with Crippen molar-refractivity contribution < 1.29 is 4.79 Å². The lowest BCUT2D eigenvalue weighted by Gasteiger charge is -2.29. The Hall–Kier alpha value is -1.59. The second-order valence-electron chi connectivity index (χ2n) is 3.15. The third-order valence-electron chi connectivity index (χ3n) is 2.12. The molecule has 70 valence electrons. The van der Waals surface area contributed by atoms with Crippen molar-refractivity contribution in [2.75, 3.05) is 6.54 Å². The Bertz CT molecular complexity index is 296. The van der Waals surface area contributed by atoms with Crippen LogP contribution in [0.15, 0.2) is 12.7 Å². The Balaban J connectivity index is 2.17. The van der Waals surface area contributed by atoms with Gasteiger partial charge in [-0.1, -0.05) is 6.92 Å². The average molecular weight is 181 g/mol. The third-order valence-corrected chi connectivity index (χ3v) is 2.12. The van der Waals surface area contributed by atoms with Crippen molar-refractivity contribution >= 4 is 6.03 Å². The van der Waals surface area contributed by atoms with E-state index >= 15 is 0 Å². The summed E-state index contributed by atoms with van der Waals surface area (Å²) in [7, 11) is 0. The standard InChI is InChI=1S/C7H11N5O/c1-5-2-9-7(13)11-6(5)12-4-8-3-10-12/h3-6H,2H2,1H3,(H2,9,11,13). The number of amides is 2. The fraction of sp³-hybridized carbons (Fsp3) is 0.571. The number of nitrogens with one attached hydrogen (secondary N) is 2. The van der Waals surface area contributed by atoms with Crippen molar-refractivity contribution in [3.8, 4) is 0 Å². The van der Waals surface area contributed by atoms with Gasteiger partial charge in [0.25, 0.3) is 0 Å². The molecule has 2 amide bonds. The molecule has 1 fully saturated rings. The van der Waals surface area contributed by atoms with E-state index in [-0.39, 0.29) is 12.2 Å². The highest BCUT2D eigenvalue weighted by Gasteiger charge is 2.26. The van der Waals surface area contributed by atoms with Crippen LogP contribution < -0.4 is 10.6 Å². The van der Waals surface area contributed by atoms with E-state index in [0.717, 1.165) is 0 Å². The maximum atomic E-state index is 11.0. The minimum absolute atomic E-state index is 0.0868. The second-order valence-corrected chi connectivity index (χ2v) is 3.15. The molecule has 2 heterocycles. The molecule has 1 aliphatic heterocycles. The van der Waals surface area contributed by atoms with Gasteiger partial charge in [0, 0.05) is 12.5 Å². The highest BCUT2D eigenvalue weighted by Crippen LogP contribution is 2.14. The summed E-state index contributed by atoms with van der Waals surface area (Å²) in [6, 6.07) is -0.154. The van der Waals surface area contributed by atoms with E-state index in [1.807, 2.05) is 6.92 Å². The van der Waals surface area contributed by atoms with E-state index in [4.69, 9.17) is 0 Å². The van der Waals surface area contributed by atoms with Crippen LogP contribution in [0.4, 0.5) is 4.79 Å². The van der Waals surface area contributed by atoms with E-state index in [1.165, 1.54) is 6.33 Å². The van der Waals surface area contributed by atoms with Gasteiger partial charge in [-0.3, -0.25) is 0 Å².